The SMILES string of the molecule is CCCCCCCCCC/C=C\CCCCCCCCCCCCCCCC(=O)OC(CO)COCCCCCCCCCCCCCCCCCCCCCCC. The number of rotatable bonds is 51. The first kappa shape index (κ1) is 57.1. The van der Waals surface area contributed by atoms with Gasteiger partial charge in [0.2, 0.25) is 0 Å². The van der Waals surface area contributed by atoms with Gasteiger partial charge in [-0.25, -0.2) is 0 Å². The minimum atomic E-state index is -0.529. The summed E-state index contributed by atoms with van der Waals surface area (Å²) in [6.07, 6.45) is 64.6. The molecule has 0 rings (SSSR count). The minimum absolute atomic E-state index is 0.165. The average Bonchev–Trinajstić information content (AvgIpc) is 3.23. The number of carbonyl (C=O) groups excluding carboxylic acids is 1. The van der Waals surface area contributed by atoms with Crippen molar-refractivity contribution in [3.05, 3.63) is 12.2 Å². The van der Waals surface area contributed by atoms with E-state index in [2.05, 4.69) is 26.0 Å². The summed E-state index contributed by atoms with van der Waals surface area (Å²) in [4.78, 5) is 12.3. The van der Waals surface area contributed by atoms with Gasteiger partial charge in [-0.05, 0) is 38.5 Å². The lowest BCUT2D eigenvalue weighted by atomic mass is 10.0. The first-order valence-corrected chi connectivity index (χ1v) is 26.8. The zero-order valence-electron chi connectivity index (χ0n) is 39.8. The van der Waals surface area contributed by atoms with Crippen LogP contribution in [0.25, 0.3) is 0 Å². The molecule has 0 bridgehead atoms. The molecular weight excluding hydrogens is 713 g/mol. The highest BCUT2D eigenvalue weighted by Crippen LogP contribution is 2.17. The lowest BCUT2D eigenvalue weighted by Gasteiger charge is -2.16. The van der Waals surface area contributed by atoms with Crippen molar-refractivity contribution >= 4 is 5.97 Å². The predicted octanol–water partition coefficient (Wildman–Crippen LogP) is 18.1. The maximum absolute atomic E-state index is 12.3. The predicted molar refractivity (Wildman–Crippen MR) is 256 cm³/mol. The Hall–Kier alpha value is -0.870. The normalized spacial score (nSPS) is 12.3. The van der Waals surface area contributed by atoms with Crippen LogP contribution < -0.4 is 0 Å². The van der Waals surface area contributed by atoms with Gasteiger partial charge in [0.1, 0.15) is 6.10 Å². The standard InChI is InChI=1S/C54H106O4/c1-3-5-7-9-11-13-15-17-19-21-23-25-26-27-28-29-31-33-35-37-39-41-43-45-47-49-54(56)58-53(51-55)52-57-50-48-46-44-42-40-38-36-34-32-30-24-22-20-18-16-14-12-10-8-6-4-2/h21,23,53,55H,3-20,22,24-52H2,1-2H3/b23-21-. The molecule has 58 heavy (non-hydrogen) atoms. The number of hydrogen-bond acceptors (Lipinski definition) is 4. The van der Waals surface area contributed by atoms with Crippen LogP contribution in [0.15, 0.2) is 12.2 Å². The van der Waals surface area contributed by atoms with Crippen molar-refractivity contribution in [3.8, 4) is 0 Å². The van der Waals surface area contributed by atoms with Crippen molar-refractivity contribution in [1.82, 2.24) is 0 Å². The van der Waals surface area contributed by atoms with Gasteiger partial charge in [0.05, 0.1) is 13.2 Å². The molecule has 0 aliphatic rings. The van der Waals surface area contributed by atoms with E-state index in [1.807, 2.05) is 0 Å². The summed E-state index contributed by atoms with van der Waals surface area (Å²) in [5, 5.41) is 9.66. The fraction of sp³-hybridized carbons (Fsp3) is 0.944. The minimum Gasteiger partial charge on any atom is -0.457 e. The van der Waals surface area contributed by atoms with E-state index in [0.717, 1.165) is 19.3 Å². The van der Waals surface area contributed by atoms with E-state index in [-0.39, 0.29) is 12.6 Å². The molecule has 0 spiro atoms. The molecule has 1 atom stereocenters. The summed E-state index contributed by atoms with van der Waals surface area (Å²) in [7, 11) is 0. The Morgan fingerprint density at radius 2 is 0.672 bits per heavy atom. The Bertz CT molecular complexity index is 781. The summed E-state index contributed by atoms with van der Waals surface area (Å²) >= 11 is 0. The molecule has 0 aromatic carbocycles. The van der Waals surface area contributed by atoms with E-state index in [0.29, 0.717) is 19.6 Å². The second-order valence-corrected chi connectivity index (χ2v) is 18.3. The van der Waals surface area contributed by atoms with Crippen LogP contribution in [-0.4, -0.2) is 37.0 Å². The highest BCUT2D eigenvalue weighted by Gasteiger charge is 2.13. The van der Waals surface area contributed by atoms with Crippen molar-refractivity contribution in [1.29, 1.82) is 0 Å². The number of hydrogen-bond donors (Lipinski definition) is 1. The number of allylic oxidation sites excluding steroid dienone is 2. The maximum atomic E-state index is 12.3. The van der Waals surface area contributed by atoms with Gasteiger partial charge in [-0.3, -0.25) is 4.79 Å². The first-order chi connectivity index (χ1) is 28.7. The van der Waals surface area contributed by atoms with E-state index < -0.39 is 6.10 Å². The number of aliphatic hydroxyl groups is 1. The summed E-state index contributed by atoms with van der Waals surface area (Å²) in [6, 6.07) is 0. The van der Waals surface area contributed by atoms with Gasteiger partial charge in [-0.2, -0.15) is 0 Å². The number of carbonyl (C=O) groups is 1. The van der Waals surface area contributed by atoms with Crippen molar-refractivity contribution in [2.75, 3.05) is 19.8 Å². The lowest BCUT2D eigenvalue weighted by Crippen LogP contribution is -2.27. The van der Waals surface area contributed by atoms with Gasteiger partial charge in [0, 0.05) is 13.0 Å². The van der Waals surface area contributed by atoms with Gasteiger partial charge in [0.25, 0.3) is 0 Å². The second kappa shape index (κ2) is 52.3. The molecule has 0 aromatic heterocycles. The summed E-state index contributed by atoms with van der Waals surface area (Å²) < 4.78 is 11.2. The van der Waals surface area contributed by atoms with Crippen LogP contribution in [0, 0.1) is 0 Å². The fourth-order valence-corrected chi connectivity index (χ4v) is 8.33. The molecule has 0 amide bonds. The third-order valence-electron chi connectivity index (χ3n) is 12.3. The number of esters is 1. The second-order valence-electron chi connectivity index (χ2n) is 18.3. The van der Waals surface area contributed by atoms with Gasteiger partial charge in [-0.1, -0.05) is 270 Å². The quantitative estimate of drug-likeness (QED) is 0.0377. The van der Waals surface area contributed by atoms with Crippen LogP contribution >= 0.6 is 0 Å². The maximum Gasteiger partial charge on any atom is 0.306 e. The molecule has 0 aromatic rings. The zero-order chi connectivity index (χ0) is 41.9. The summed E-state index contributed by atoms with van der Waals surface area (Å²) in [5.41, 5.74) is 0. The average molecular weight is 819 g/mol. The lowest BCUT2D eigenvalue weighted by molar-refractivity contribution is -0.154. The Morgan fingerprint density at radius 3 is 0.983 bits per heavy atom. The van der Waals surface area contributed by atoms with Crippen molar-refractivity contribution in [2.45, 2.75) is 309 Å². The molecular formula is C54H106O4. The van der Waals surface area contributed by atoms with E-state index in [1.54, 1.807) is 0 Å². The topological polar surface area (TPSA) is 55.8 Å². The number of aliphatic hydroxyl groups excluding tert-OH is 1. The zero-order valence-corrected chi connectivity index (χ0v) is 39.8. The molecule has 4 heteroatoms. The molecule has 0 radical (unpaired) electrons. The first-order valence-electron chi connectivity index (χ1n) is 26.8. The largest absolute Gasteiger partial charge is 0.457 e. The molecule has 1 unspecified atom stereocenters. The highest BCUT2D eigenvalue weighted by molar-refractivity contribution is 5.69. The van der Waals surface area contributed by atoms with Crippen LogP contribution in [0.5, 0.6) is 0 Å². The Kier molecular flexibility index (Phi) is 51.5. The highest BCUT2D eigenvalue weighted by atomic mass is 16.6. The van der Waals surface area contributed by atoms with Gasteiger partial charge in [-0.15, -0.1) is 0 Å². The Morgan fingerprint density at radius 1 is 0.397 bits per heavy atom. The van der Waals surface area contributed by atoms with Crippen molar-refractivity contribution in [3.63, 3.8) is 0 Å². The molecule has 0 saturated heterocycles. The summed E-state index contributed by atoms with van der Waals surface area (Å²) in [6.45, 7) is 5.41. The molecule has 1 N–H and O–H groups in total. The third-order valence-corrected chi connectivity index (χ3v) is 12.3. The molecule has 0 aliphatic carbocycles. The Labute approximate surface area is 365 Å². The number of ether oxygens (including phenoxy) is 2. The molecule has 0 aliphatic heterocycles. The molecule has 0 heterocycles. The van der Waals surface area contributed by atoms with E-state index in [9.17, 15) is 9.90 Å². The number of unbranched alkanes of at least 4 members (excludes halogenated alkanes) is 41. The van der Waals surface area contributed by atoms with Crippen molar-refractivity contribution in [2.24, 2.45) is 0 Å². The van der Waals surface area contributed by atoms with E-state index >= 15 is 0 Å². The molecule has 4 nitrogen and oxygen atoms in total. The fourth-order valence-electron chi connectivity index (χ4n) is 8.33. The van der Waals surface area contributed by atoms with E-state index in [4.69, 9.17) is 9.47 Å². The van der Waals surface area contributed by atoms with Crippen molar-refractivity contribution < 1.29 is 19.4 Å². The molecule has 0 fully saturated rings. The van der Waals surface area contributed by atoms with Gasteiger partial charge < -0.3 is 14.6 Å². The molecule has 0 saturated carbocycles. The van der Waals surface area contributed by atoms with Crippen LogP contribution in [0.3, 0.4) is 0 Å². The van der Waals surface area contributed by atoms with Gasteiger partial charge >= 0.3 is 5.97 Å². The van der Waals surface area contributed by atoms with Crippen LogP contribution in [-0.2, 0) is 14.3 Å². The van der Waals surface area contributed by atoms with E-state index in [1.165, 1.54) is 263 Å². The smallest absolute Gasteiger partial charge is 0.306 e. The third kappa shape index (κ3) is 49.5. The summed E-state index contributed by atoms with van der Waals surface area (Å²) in [5.74, 6) is -0.192. The molecule has 346 valence electrons. The van der Waals surface area contributed by atoms with Crippen LogP contribution in [0.2, 0.25) is 0 Å². The van der Waals surface area contributed by atoms with Gasteiger partial charge in [0.15, 0.2) is 0 Å². The van der Waals surface area contributed by atoms with Crippen LogP contribution in [0.4, 0.5) is 0 Å². The Balaban J connectivity index is 3.34. The van der Waals surface area contributed by atoms with Crippen LogP contribution in [0.1, 0.15) is 303 Å². The monoisotopic (exact) mass is 819 g/mol.